The Kier molecular flexibility index (Phi) is 4.12. The summed E-state index contributed by atoms with van der Waals surface area (Å²) >= 11 is 5.88. The number of Topliss-reactive ketones (excluding diaryl/α,β-unsaturated/α-hetero) is 1. The third kappa shape index (κ3) is 2.70. The normalized spacial score (nSPS) is 10.1. The maximum absolute atomic E-state index is 11.7. The molecule has 4 heteroatoms. The molecule has 0 aliphatic heterocycles. The third-order valence-electron chi connectivity index (χ3n) is 2.12. The average Bonchev–Trinajstić information content (AvgIpc) is 2.17. The highest BCUT2D eigenvalue weighted by atomic mass is 35.5. The molecule has 1 aromatic rings. The number of carbonyl (C=O) groups excluding carboxylic acids is 1. The number of carbonyl (C=O) groups is 1. The smallest absolute Gasteiger partial charge is 0.167 e. The van der Waals surface area contributed by atoms with Gasteiger partial charge in [-0.25, -0.2) is 0 Å². The number of aryl methyl sites for hydroxylation is 1. The van der Waals surface area contributed by atoms with E-state index >= 15 is 0 Å². The van der Waals surface area contributed by atoms with E-state index in [0.717, 1.165) is 5.56 Å². The van der Waals surface area contributed by atoms with Crippen LogP contribution in [0.3, 0.4) is 0 Å². The Labute approximate surface area is 94.2 Å². The summed E-state index contributed by atoms with van der Waals surface area (Å²) in [6, 6.07) is 3.38. The quantitative estimate of drug-likeness (QED) is 0.803. The van der Waals surface area contributed by atoms with E-state index < -0.39 is 0 Å². The fraction of sp³-hybridized carbons (Fsp3) is 0.364. The molecule has 1 rings (SSSR count). The number of hydrogen-bond acceptors (Lipinski definition) is 3. The second kappa shape index (κ2) is 5.14. The van der Waals surface area contributed by atoms with Crippen molar-refractivity contribution in [1.82, 2.24) is 0 Å². The molecule has 3 nitrogen and oxygen atoms in total. The van der Waals surface area contributed by atoms with Gasteiger partial charge in [0.15, 0.2) is 5.78 Å². The van der Waals surface area contributed by atoms with Gasteiger partial charge in [-0.15, -0.1) is 0 Å². The van der Waals surface area contributed by atoms with Crippen molar-refractivity contribution in [2.24, 2.45) is 5.73 Å². The second-order valence-electron chi connectivity index (χ2n) is 3.27. The Morgan fingerprint density at radius 3 is 2.73 bits per heavy atom. The molecule has 0 heterocycles. The molecule has 0 atom stereocenters. The first kappa shape index (κ1) is 12.0. The highest BCUT2D eigenvalue weighted by Gasteiger charge is 2.14. The molecule has 15 heavy (non-hydrogen) atoms. The Bertz CT molecular complexity index is 377. The molecule has 0 unspecified atom stereocenters. The van der Waals surface area contributed by atoms with Crippen LogP contribution in [-0.4, -0.2) is 19.4 Å². The van der Waals surface area contributed by atoms with Crippen LogP contribution in [0.15, 0.2) is 12.1 Å². The molecular formula is C11H14ClNO2. The van der Waals surface area contributed by atoms with Gasteiger partial charge in [0, 0.05) is 11.4 Å². The standard InChI is InChI=1S/C11H14ClNO2/c1-7-5-8(12)6-9(11(7)15-2)10(14)3-4-13/h5-6H,3-4,13H2,1-2H3. The van der Waals surface area contributed by atoms with E-state index in [0.29, 0.717) is 29.3 Å². The highest BCUT2D eigenvalue weighted by molar-refractivity contribution is 6.31. The number of nitrogens with two attached hydrogens (primary N) is 1. The summed E-state index contributed by atoms with van der Waals surface area (Å²) in [4.78, 5) is 11.7. The number of hydrogen-bond donors (Lipinski definition) is 1. The van der Waals surface area contributed by atoms with Gasteiger partial charge in [-0.1, -0.05) is 11.6 Å². The van der Waals surface area contributed by atoms with Crippen molar-refractivity contribution in [3.8, 4) is 5.75 Å². The maximum Gasteiger partial charge on any atom is 0.167 e. The lowest BCUT2D eigenvalue weighted by molar-refractivity contribution is 0.0982. The average molecular weight is 228 g/mol. The number of ketones is 1. The van der Waals surface area contributed by atoms with Crippen molar-refractivity contribution in [3.05, 3.63) is 28.3 Å². The molecule has 0 aromatic heterocycles. The number of benzene rings is 1. The van der Waals surface area contributed by atoms with E-state index in [2.05, 4.69) is 0 Å². The van der Waals surface area contributed by atoms with Crippen LogP contribution in [0, 0.1) is 6.92 Å². The largest absolute Gasteiger partial charge is 0.496 e. The molecule has 1 aromatic carbocycles. The van der Waals surface area contributed by atoms with Crippen LogP contribution in [0.1, 0.15) is 22.3 Å². The van der Waals surface area contributed by atoms with E-state index in [9.17, 15) is 4.79 Å². The van der Waals surface area contributed by atoms with Crippen molar-refractivity contribution in [1.29, 1.82) is 0 Å². The van der Waals surface area contributed by atoms with E-state index in [-0.39, 0.29) is 5.78 Å². The van der Waals surface area contributed by atoms with Crippen LogP contribution in [0.4, 0.5) is 0 Å². The van der Waals surface area contributed by atoms with Crippen LogP contribution >= 0.6 is 11.6 Å². The van der Waals surface area contributed by atoms with Crippen LogP contribution < -0.4 is 10.5 Å². The van der Waals surface area contributed by atoms with E-state index in [1.807, 2.05) is 6.92 Å². The number of methoxy groups -OCH3 is 1. The lowest BCUT2D eigenvalue weighted by atomic mass is 10.0. The zero-order valence-electron chi connectivity index (χ0n) is 8.84. The van der Waals surface area contributed by atoms with Gasteiger partial charge in [-0.2, -0.15) is 0 Å². The molecule has 82 valence electrons. The summed E-state index contributed by atoms with van der Waals surface area (Å²) in [7, 11) is 1.54. The molecule has 0 saturated carbocycles. The lowest BCUT2D eigenvalue weighted by Crippen LogP contribution is -2.10. The predicted octanol–water partition coefficient (Wildman–Crippen LogP) is 2.19. The molecule has 0 bridgehead atoms. The zero-order chi connectivity index (χ0) is 11.4. The number of ether oxygens (including phenoxy) is 1. The van der Waals surface area contributed by atoms with Gasteiger partial charge in [0.05, 0.1) is 12.7 Å². The molecule has 2 N–H and O–H groups in total. The van der Waals surface area contributed by atoms with Crippen LogP contribution in [0.25, 0.3) is 0 Å². The molecule has 0 aliphatic rings. The summed E-state index contributed by atoms with van der Waals surface area (Å²) in [6.07, 6.45) is 0.302. The van der Waals surface area contributed by atoms with Crippen LogP contribution in [0.2, 0.25) is 5.02 Å². The van der Waals surface area contributed by atoms with E-state index in [4.69, 9.17) is 22.1 Å². The molecular weight excluding hydrogens is 214 g/mol. The van der Waals surface area contributed by atoms with Gasteiger partial charge >= 0.3 is 0 Å². The molecule has 0 spiro atoms. The van der Waals surface area contributed by atoms with E-state index in [1.165, 1.54) is 7.11 Å². The lowest BCUT2D eigenvalue weighted by Gasteiger charge is -2.10. The first-order valence-corrected chi connectivity index (χ1v) is 5.05. The maximum atomic E-state index is 11.7. The summed E-state index contributed by atoms with van der Waals surface area (Å²) in [5, 5.41) is 0.536. The van der Waals surface area contributed by atoms with Crippen molar-refractivity contribution < 1.29 is 9.53 Å². The molecule has 0 radical (unpaired) electrons. The highest BCUT2D eigenvalue weighted by Crippen LogP contribution is 2.28. The zero-order valence-corrected chi connectivity index (χ0v) is 9.60. The van der Waals surface area contributed by atoms with E-state index in [1.54, 1.807) is 12.1 Å². The summed E-state index contributed by atoms with van der Waals surface area (Å²) in [5.74, 6) is 0.540. The van der Waals surface area contributed by atoms with Crippen molar-refractivity contribution >= 4 is 17.4 Å². The molecule has 0 saturated heterocycles. The SMILES string of the molecule is COc1c(C)cc(Cl)cc1C(=O)CCN. The van der Waals surface area contributed by atoms with Crippen molar-refractivity contribution in [2.45, 2.75) is 13.3 Å². The molecule has 0 amide bonds. The van der Waals surface area contributed by atoms with Crippen LogP contribution in [-0.2, 0) is 0 Å². The van der Waals surface area contributed by atoms with Gasteiger partial charge in [-0.3, -0.25) is 4.79 Å². The van der Waals surface area contributed by atoms with Gasteiger partial charge in [0.25, 0.3) is 0 Å². The Morgan fingerprint density at radius 2 is 2.20 bits per heavy atom. The van der Waals surface area contributed by atoms with Gasteiger partial charge in [0.1, 0.15) is 5.75 Å². The second-order valence-corrected chi connectivity index (χ2v) is 3.70. The first-order valence-electron chi connectivity index (χ1n) is 4.67. The minimum Gasteiger partial charge on any atom is -0.496 e. The fourth-order valence-electron chi connectivity index (χ4n) is 1.47. The van der Waals surface area contributed by atoms with Gasteiger partial charge in [-0.05, 0) is 31.2 Å². The topological polar surface area (TPSA) is 52.3 Å². The van der Waals surface area contributed by atoms with Crippen LogP contribution in [0.5, 0.6) is 5.75 Å². The molecule has 0 fully saturated rings. The Hall–Kier alpha value is -1.06. The van der Waals surface area contributed by atoms with Crippen molar-refractivity contribution in [2.75, 3.05) is 13.7 Å². The van der Waals surface area contributed by atoms with Crippen molar-refractivity contribution in [3.63, 3.8) is 0 Å². The molecule has 0 aliphatic carbocycles. The minimum absolute atomic E-state index is 0.0417. The first-order chi connectivity index (χ1) is 7.10. The third-order valence-corrected chi connectivity index (χ3v) is 2.33. The van der Waals surface area contributed by atoms with Gasteiger partial charge in [0.2, 0.25) is 0 Å². The summed E-state index contributed by atoms with van der Waals surface area (Å²) in [6.45, 7) is 2.18. The Balaban J connectivity index is 3.20. The summed E-state index contributed by atoms with van der Waals surface area (Å²) < 4.78 is 5.18. The predicted molar refractivity (Wildman–Crippen MR) is 60.7 cm³/mol. The monoisotopic (exact) mass is 227 g/mol. The van der Waals surface area contributed by atoms with Gasteiger partial charge < -0.3 is 10.5 Å². The number of rotatable bonds is 4. The Morgan fingerprint density at radius 1 is 1.53 bits per heavy atom. The number of halogens is 1. The minimum atomic E-state index is -0.0417. The summed E-state index contributed by atoms with van der Waals surface area (Å²) in [5.41, 5.74) is 6.70. The fourth-order valence-corrected chi connectivity index (χ4v) is 1.75.